The highest BCUT2D eigenvalue weighted by Gasteiger charge is 2.13. The van der Waals surface area contributed by atoms with Crippen molar-refractivity contribution in [2.24, 2.45) is 25.0 Å². The van der Waals surface area contributed by atoms with Crippen LogP contribution in [0.4, 0.5) is 0 Å². The molecule has 8 aromatic rings. The van der Waals surface area contributed by atoms with Gasteiger partial charge in [-0.25, -0.2) is 9.98 Å². The Kier molecular flexibility index (Phi) is 13.2. The Labute approximate surface area is 364 Å². The van der Waals surface area contributed by atoms with Crippen molar-refractivity contribution in [1.82, 2.24) is 0 Å². The van der Waals surface area contributed by atoms with E-state index in [9.17, 15) is 0 Å². The lowest BCUT2D eigenvalue weighted by molar-refractivity contribution is 1.06. The van der Waals surface area contributed by atoms with Gasteiger partial charge in [0, 0.05) is 16.7 Å². The molecule has 0 unspecified atom stereocenters. The van der Waals surface area contributed by atoms with Crippen molar-refractivity contribution in [2.45, 2.75) is 13.1 Å². The molecule has 0 aliphatic heterocycles. The van der Waals surface area contributed by atoms with Gasteiger partial charge in [0.15, 0.2) is 11.7 Å². The first-order valence-corrected chi connectivity index (χ1v) is 20.6. The van der Waals surface area contributed by atoms with Gasteiger partial charge >= 0.3 is 0 Å². The van der Waals surface area contributed by atoms with E-state index in [0.29, 0.717) is 24.8 Å². The fraction of sp³-hybridized carbons (Fsp3) is 0.0351. The van der Waals surface area contributed by atoms with Gasteiger partial charge in [-0.1, -0.05) is 218 Å². The summed E-state index contributed by atoms with van der Waals surface area (Å²) in [5.74, 6) is 1.14. The molecule has 298 valence electrons. The van der Waals surface area contributed by atoms with Crippen LogP contribution in [0.5, 0.6) is 0 Å². The third-order valence-corrected chi connectivity index (χ3v) is 10.5. The summed E-state index contributed by atoms with van der Waals surface area (Å²) in [6, 6.07) is 74.8. The Morgan fingerprint density at radius 1 is 0.355 bits per heavy atom. The maximum absolute atomic E-state index is 5.09. The van der Waals surface area contributed by atoms with Gasteiger partial charge in [-0.05, 0) is 69.6 Å². The van der Waals surface area contributed by atoms with Gasteiger partial charge < -0.3 is 0 Å². The molecular formula is C57H45N5. The number of amidine groups is 2. The summed E-state index contributed by atoms with van der Waals surface area (Å²) in [4.78, 5) is 23.5. The third-order valence-electron chi connectivity index (χ3n) is 10.5. The molecule has 0 aliphatic carbocycles. The van der Waals surface area contributed by atoms with Crippen LogP contribution >= 0.6 is 0 Å². The van der Waals surface area contributed by atoms with Gasteiger partial charge in [0.2, 0.25) is 0 Å². The Balaban J connectivity index is 1.04. The van der Waals surface area contributed by atoms with Crippen molar-refractivity contribution >= 4 is 36.5 Å². The molecule has 0 atom stereocenters. The minimum Gasteiger partial charge on any atom is -0.280 e. The number of nitrogens with zero attached hydrogens (tertiary/aromatic N) is 5. The standard InChI is InChI=1S/C57H45N5/c1-58-54(46-19-7-3-8-20-46)39-55(47-21-9-4-10-22-47)60-40-42-31-35-44(36-32-42)50-27-15-17-29-52(50)53-30-18-16-28-51(53)45-37-33-43(34-38-45)41-61-57(49-25-13-6-14-26-49)62-56(59-2)48-23-11-5-12-24-48/h3-39H,1-2,40-41H2/b54-39-,60-55+,61-57-,62-56-. The van der Waals surface area contributed by atoms with Gasteiger partial charge in [0.05, 0.1) is 24.5 Å². The maximum atomic E-state index is 5.09. The summed E-state index contributed by atoms with van der Waals surface area (Å²) < 4.78 is 0. The number of aliphatic imine (C=N–C) groups is 5. The molecule has 62 heavy (non-hydrogen) atoms. The van der Waals surface area contributed by atoms with Gasteiger partial charge in [0.1, 0.15) is 0 Å². The molecule has 8 aromatic carbocycles. The molecule has 0 N–H and O–H groups in total. The largest absolute Gasteiger partial charge is 0.280 e. The summed E-state index contributed by atoms with van der Waals surface area (Å²) in [5.41, 5.74) is 14.6. The lowest BCUT2D eigenvalue weighted by Gasteiger charge is -2.15. The van der Waals surface area contributed by atoms with Crippen LogP contribution in [0.25, 0.3) is 39.1 Å². The normalized spacial score (nSPS) is 12.2. The zero-order valence-corrected chi connectivity index (χ0v) is 34.4. The quantitative estimate of drug-likeness (QED) is 0.0824. The average molecular weight is 800 g/mol. The van der Waals surface area contributed by atoms with Gasteiger partial charge in [0.25, 0.3) is 0 Å². The number of hydrogen-bond donors (Lipinski definition) is 0. The first kappa shape index (κ1) is 40.6. The molecule has 5 nitrogen and oxygen atoms in total. The lowest BCUT2D eigenvalue weighted by Crippen LogP contribution is -2.05. The molecule has 0 aromatic heterocycles. The average Bonchev–Trinajstić information content (AvgIpc) is 3.35. The molecule has 8 rings (SSSR count). The molecule has 0 heterocycles. The Morgan fingerprint density at radius 2 is 0.742 bits per heavy atom. The van der Waals surface area contributed by atoms with E-state index in [2.05, 4.69) is 133 Å². The van der Waals surface area contributed by atoms with E-state index in [1.165, 1.54) is 5.56 Å². The van der Waals surface area contributed by atoms with Crippen molar-refractivity contribution in [3.63, 3.8) is 0 Å². The third kappa shape index (κ3) is 9.99. The van der Waals surface area contributed by atoms with Crippen LogP contribution in [-0.2, 0) is 13.1 Å². The van der Waals surface area contributed by atoms with E-state index in [-0.39, 0.29) is 0 Å². The van der Waals surface area contributed by atoms with Gasteiger partial charge in [-0.15, -0.1) is 0 Å². The van der Waals surface area contributed by atoms with E-state index in [1.807, 2.05) is 115 Å². The van der Waals surface area contributed by atoms with Crippen molar-refractivity contribution in [2.75, 3.05) is 0 Å². The highest BCUT2D eigenvalue weighted by molar-refractivity contribution is 6.13. The van der Waals surface area contributed by atoms with E-state index >= 15 is 0 Å². The summed E-state index contributed by atoms with van der Waals surface area (Å²) in [6.45, 7) is 8.62. The molecule has 5 heteroatoms. The molecule has 0 amide bonds. The number of hydrogen-bond acceptors (Lipinski definition) is 3. The zero-order valence-electron chi connectivity index (χ0n) is 34.4. The fourth-order valence-corrected chi connectivity index (χ4v) is 7.31. The van der Waals surface area contributed by atoms with Crippen molar-refractivity contribution < 1.29 is 0 Å². The lowest BCUT2D eigenvalue weighted by atomic mass is 9.89. The molecule has 0 spiro atoms. The molecule has 0 saturated carbocycles. The van der Waals surface area contributed by atoms with Crippen LogP contribution in [-0.4, -0.2) is 30.8 Å². The first-order chi connectivity index (χ1) is 30.7. The topological polar surface area (TPSA) is 61.8 Å². The summed E-state index contributed by atoms with van der Waals surface area (Å²) in [7, 11) is 0. The maximum Gasteiger partial charge on any atom is 0.161 e. The fourth-order valence-electron chi connectivity index (χ4n) is 7.31. The van der Waals surface area contributed by atoms with Crippen LogP contribution in [0, 0.1) is 0 Å². The number of benzene rings is 8. The zero-order chi connectivity index (χ0) is 42.4. The summed E-state index contributed by atoms with van der Waals surface area (Å²) in [6.07, 6.45) is 2.02. The monoisotopic (exact) mass is 799 g/mol. The molecule has 0 radical (unpaired) electrons. The molecule has 0 bridgehead atoms. The van der Waals surface area contributed by atoms with Crippen LogP contribution < -0.4 is 0 Å². The first-order valence-electron chi connectivity index (χ1n) is 20.6. The Morgan fingerprint density at radius 3 is 1.19 bits per heavy atom. The van der Waals surface area contributed by atoms with Crippen LogP contribution in [0.2, 0.25) is 0 Å². The van der Waals surface area contributed by atoms with E-state index in [0.717, 1.165) is 72.6 Å². The number of rotatable bonds is 13. The second kappa shape index (κ2) is 20.2. The highest BCUT2D eigenvalue weighted by Crippen LogP contribution is 2.38. The smallest absolute Gasteiger partial charge is 0.161 e. The summed E-state index contributed by atoms with van der Waals surface area (Å²) >= 11 is 0. The van der Waals surface area contributed by atoms with Crippen LogP contribution in [0.3, 0.4) is 0 Å². The van der Waals surface area contributed by atoms with Crippen molar-refractivity contribution in [1.29, 1.82) is 0 Å². The van der Waals surface area contributed by atoms with Crippen molar-refractivity contribution in [3.05, 3.63) is 258 Å². The Bertz CT molecular complexity index is 2680. The highest BCUT2D eigenvalue weighted by atomic mass is 15.0. The predicted molar refractivity (Wildman–Crippen MR) is 263 cm³/mol. The predicted octanol–water partition coefficient (Wildman–Crippen LogP) is 13.5. The molecule has 0 fully saturated rings. The second-order valence-electron chi connectivity index (χ2n) is 14.6. The minimum absolute atomic E-state index is 0.462. The van der Waals surface area contributed by atoms with E-state index in [4.69, 9.17) is 15.0 Å². The second-order valence-corrected chi connectivity index (χ2v) is 14.6. The van der Waals surface area contributed by atoms with E-state index in [1.54, 1.807) is 0 Å². The molecule has 0 saturated heterocycles. The molecule has 0 aliphatic rings. The van der Waals surface area contributed by atoms with Gasteiger partial charge in [-0.2, -0.15) is 0 Å². The summed E-state index contributed by atoms with van der Waals surface area (Å²) in [5, 5.41) is 0. The Hall–Kier alpha value is -8.15. The number of allylic oxidation sites excluding steroid dienone is 1. The SMILES string of the molecule is C=N/C(=C\C(=N/Cc1ccc(-c2ccccc2-c2ccccc2-c2ccc(C/N=C(\N=C(/N=C)c3ccccc3)c3ccccc3)cc2)cc1)c1ccccc1)c1ccccc1. The van der Waals surface area contributed by atoms with Crippen LogP contribution in [0.15, 0.2) is 249 Å². The minimum atomic E-state index is 0.462. The van der Waals surface area contributed by atoms with Crippen LogP contribution in [0.1, 0.15) is 33.4 Å². The van der Waals surface area contributed by atoms with E-state index < -0.39 is 0 Å². The molecular weight excluding hydrogens is 755 g/mol. The van der Waals surface area contributed by atoms with Crippen molar-refractivity contribution in [3.8, 4) is 33.4 Å². The van der Waals surface area contributed by atoms with Gasteiger partial charge in [-0.3, -0.25) is 15.0 Å².